The van der Waals surface area contributed by atoms with E-state index in [9.17, 15) is 0 Å². The lowest BCUT2D eigenvalue weighted by molar-refractivity contribution is 0.420. The third-order valence-corrected chi connectivity index (χ3v) is 13.5. The Morgan fingerprint density at radius 2 is 1.31 bits per heavy atom. The van der Waals surface area contributed by atoms with E-state index in [1.54, 1.807) is 5.56 Å². The van der Waals surface area contributed by atoms with Crippen LogP contribution in [0.15, 0.2) is 127 Å². The first kappa shape index (κ1) is 31.1. The zero-order chi connectivity index (χ0) is 34.1. The quantitative estimate of drug-likeness (QED) is 0.171. The van der Waals surface area contributed by atoms with E-state index in [0.29, 0.717) is 5.92 Å². The Kier molecular flexibility index (Phi) is 7.49. The normalized spacial score (nSPS) is 21.9. The third kappa shape index (κ3) is 5.02. The van der Waals surface area contributed by atoms with Crippen LogP contribution in [0.5, 0.6) is 0 Å². The van der Waals surface area contributed by atoms with Gasteiger partial charge in [-0.25, -0.2) is 0 Å². The Morgan fingerprint density at radius 1 is 0.569 bits per heavy atom. The molecular weight excluding hydrogens is 615 g/mol. The molecular formula is C50H49N. The lowest BCUT2D eigenvalue weighted by atomic mass is 9.77. The fraction of sp³-hybridized carbons (Fsp3) is 0.320. The van der Waals surface area contributed by atoms with Crippen molar-refractivity contribution in [3.8, 4) is 22.3 Å². The molecule has 0 heterocycles. The summed E-state index contributed by atoms with van der Waals surface area (Å²) in [4.78, 5) is 2.66. The van der Waals surface area contributed by atoms with Gasteiger partial charge in [0.15, 0.2) is 0 Å². The molecule has 0 saturated heterocycles. The van der Waals surface area contributed by atoms with Crippen LogP contribution in [0, 0.1) is 11.8 Å². The second-order valence-electron chi connectivity index (χ2n) is 16.7. The maximum Gasteiger partial charge on any atom is 0.0543 e. The van der Waals surface area contributed by atoms with Crippen LogP contribution in [0.3, 0.4) is 0 Å². The highest BCUT2D eigenvalue weighted by atomic mass is 15.1. The van der Waals surface area contributed by atoms with Gasteiger partial charge in [-0.05, 0) is 130 Å². The second-order valence-corrected chi connectivity index (χ2v) is 16.7. The predicted molar refractivity (Wildman–Crippen MR) is 216 cm³/mol. The highest BCUT2D eigenvalue weighted by Crippen LogP contribution is 2.58. The lowest BCUT2D eigenvalue weighted by Gasteiger charge is -2.35. The van der Waals surface area contributed by atoms with Crippen LogP contribution in [0.4, 0.5) is 17.1 Å². The largest absolute Gasteiger partial charge is 0.310 e. The van der Waals surface area contributed by atoms with E-state index in [0.717, 1.165) is 17.8 Å². The molecule has 10 rings (SSSR count). The van der Waals surface area contributed by atoms with Crippen molar-refractivity contribution in [2.24, 2.45) is 11.8 Å². The van der Waals surface area contributed by atoms with Gasteiger partial charge < -0.3 is 4.90 Å². The molecule has 3 saturated carbocycles. The molecule has 1 heteroatoms. The van der Waals surface area contributed by atoms with Gasteiger partial charge in [0.25, 0.3) is 0 Å². The van der Waals surface area contributed by atoms with Gasteiger partial charge in [-0.15, -0.1) is 0 Å². The molecule has 0 amide bonds. The van der Waals surface area contributed by atoms with Crippen LogP contribution in [0.2, 0.25) is 0 Å². The fourth-order valence-electron chi connectivity index (χ4n) is 11.1. The topological polar surface area (TPSA) is 3.24 Å². The molecule has 0 aliphatic heterocycles. The van der Waals surface area contributed by atoms with Gasteiger partial charge >= 0.3 is 0 Å². The highest BCUT2D eigenvalue weighted by molar-refractivity contribution is 6.05. The summed E-state index contributed by atoms with van der Waals surface area (Å²) >= 11 is 0. The minimum absolute atomic E-state index is 0.158. The number of benzene rings is 6. The van der Waals surface area contributed by atoms with E-state index < -0.39 is 0 Å². The van der Waals surface area contributed by atoms with Crippen LogP contribution >= 0.6 is 0 Å². The van der Waals surface area contributed by atoms with Crippen molar-refractivity contribution in [3.05, 3.63) is 150 Å². The lowest BCUT2D eigenvalue weighted by Crippen LogP contribution is -2.20. The first-order chi connectivity index (χ1) is 25.1. The number of hydrogen-bond donors (Lipinski definition) is 0. The van der Waals surface area contributed by atoms with Crippen LogP contribution in [-0.2, 0) is 5.41 Å². The van der Waals surface area contributed by atoms with Crippen molar-refractivity contribution in [2.75, 3.05) is 4.90 Å². The summed E-state index contributed by atoms with van der Waals surface area (Å²) in [6.45, 7) is 4.89. The summed E-state index contributed by atoms with van der Waals surface area (Å²) < 4.78 is 0. The number of anilines is 3. The molecule has 0 aromatic heterocycles. The maximum atomic E-state index is 2.66. The Balaban J connectivity index is 1.24. The monoisotopic (exact) mass is 663 g/mol. The van der Waals surface area contributed by atoms with Gasteiger partial charge in [-0.2, -0.15) is 0 Å². The summed E-state index contributed by atoms with van der Waals surface area (Å²) in [6, 6.07) is 49.2. The number of hydrogen-bond acceptors (Lipinski definition) is 1. The van der Waals surface area contributed by atoms with Crippen LogP contribution in [-0.4, -0.2) is 0 Å². The molecule has 0 spiro atoms. The van der Waals surface area contributed by atoms with Gasteiger partial charge in [0.05, 0.1) is 5.69 Å². The van der Waals surface area contributed by atoms with Crippen molar-refractivity contribution in [1.29, 1.82) is 0 Å². The van der Waals surface area contributed by atoms with Gasteiger partial charge in [0, 0.05) is 22.4 Å². The van der Waals surface area contributed by atoms with E-state index in [1.807, 2.05) is 0 Å². The summed E-state index contributed by atoms with van der Waals surface area (Å²) in [6.07, 6.45) is 12.2. The van der Waals surface area contributed by atoms with E-state index in [4.69, 9.17) is 0 Å². The van der Waals surface area contributed by atoms with Gasteiger partial charge in [0.2, 0.25) is 0 Å². The standard InChI is InChI=1S/C50H49N/c1-50(2)45-21-10-8-19-41(45)43-29-30-47(48(49(43)50)42-20-12-16-34-15-6-7-17-39(34)42)51(46-22-11-9-18-40(46)35-13-4-3-5-14-35)38-27-25-36(26-28-38)44-32-33-23-24-37(44)31-33/h6-12,15-22,25-30,33,35,37,44H,3-5,13-14,23-24,31-32H2,1-2H3. The molecule has 254 valence electrons. The molecule has 4 aliphatic rings. The Labute approximate surface area is 304 Å². The maximum absolute atomic E-state index is 2.66. The first-order valence-corrected chi connectivity index (χ1v) is 19.8. The average Bonchev–Trinajstić information content (AvgIpc) is 3.89. The van der Waals surface area contributed by atoms with Crippen LogP contribution in [0.1, 0.15) is 106 Å². The van der Waals surface area contributed by atoms with Crippen molar-refractivity contribution >= 4 is 27.8 Å². The predicted octanol–water partition coefficient (Wildman–Crippen LogP) is 14.2. The van der Waals surface area contributed by atoms with E-state index >= 15 is 0 Å². The number of fused-ring (bicyclic) bond motifs is 6. The molecule has 2 bridgehead atoms. The highest BCUT2D eigenvalue weighted by Gasteiger charge is 2.41. The van der Waals surface area contributed by atoms with Gasteiger partial charge in [-0.1, -0.05) is 143 Å². The van der Waals surface area contributed by atoms with E-state index in [1.165, 1.54) is 125 Å². The summed E-state index contributed by atoms with van der Waals surface area (Å²) in [7, 11) is 0. The summed E-state index contributed by atoms with van der Waals surface area (Å²) in [5, 5.41) is 2.60. The van der Waals surface area contributed by atoms with Crippen molar-refractivity contribution in [3.63, 3.8) is 0 Å². The molecule has 3 fully saturated rings. The van der Waals surface area contributed by atoms with Crippen LogP contribution < -0.4 is 4.90 Å². The number of para-hydroxylation sites is 1. The van der Waals surface area contributed by atoms with Crippen molar-refractivity contribution < 1.29 is 0 Å². The molecule has 1 nitrogen and oxygen atoms in total. The molecule has 3 unspecified atom stereocenters. The zero-order valence-corrected chi connectivity index (χ0v) is 30.2. The van der Waals surface area contributed by atoms with Crippen LogP contribution in [0.25, 0.3) is 33.0 Å². The minimum Gasteiger partial charge on any atom is -0.310 e. The van der Waals surface area contributed by atoms with E-state index in [2.05, 4.69) is 146 Å². The fourth-order valence-corrected chi connectivity index (χ4v) is 11.1. The molecule has 3 atom stereocenters. The minimum atomic E-state index is -0.158. The third-order valence-electron chi connectivity index (χ3n) is 13.5. The summed E-state index contributed by atoms with van der Waals surface area (Å²) in [5.74, 6) is 3.14. The smallest absolute Gasteiger partial charge is 0.0543 e. The average molecular weight is 664 g/mol. The molecule has 4 aliphatic carbocycles. The van der Waals surface area contributed by atoms with Gasteiger partial charge in [0.1, 0.15) is 0 Å². The molecule has 6 aromatic carbocycles. The van der Waals surface area contributed by atoms with Crippen molar-refractivity contribution in [1.82, 2.24) is 0 Å². The second kappa shape index (κ2) is 12.3. The Bertz CT molecular complexity index is 2250. The molecule has 6 aromatic rings. The van der Waals surface area contributed by atoms with E-state index in [-0.39, 0.29) is 5.41 Å². The first-order valence-electron chi connectivity index (χ1n) is 19.8. The van der Waals surface area contributed by atoms with Crippen molar-refractivity contribution in [2.45, 2.75) is 88.9 Å². The molecule has 0 N–H and O–H groups in total. The summed E-state index contributed by atoms with van der Waals surface area (Å²) in [5.41, 5.74) is 15.1. The SMILES string of the molecule is CC1(C)c2ccccc2-c2ccc(N(c3ccc(C4CC5CCC4C5)cc3)c3ccccc3C3CCCCC3)c(-c3cccc4ccccc34)c21. The van der Waals surface area contributed by atoms with Gasteiger partial charge in [-0.3, -0.25) is 0 Å². The molecule has 51 heavy (non-hydrogen) atoms. The zero-order valence-electron chi connectivity index (χ0n) is 30.2. The number of nitrogens with zero attached hydrogens (tertiary/aromatic N) is 1. The Morgan fingerprint density at radius 3 is 2.14 bits per heavy atom. The molecule has 0 radical (unpaired) electrons. The Hall–Kier alpha value is -4.62. The number of rotatable bonds is 6.